The van der Waals surface area contributed by atoms with Crippen molar-refractivity contribution >= 4 is 50.7 Å². The smallest absolute Gasteiger partial charge is 0.258 e. The maximum atomic E-state index is 12.4. The average Bonchev–Trinajstić information content (AvgIpc) is 2.33. The van der Waals surface area contributed by atoms with Crippen molar-refractivity contribution in [1.82, 2.24) is 0 Å². The molecule has 0 aliphatic heterocycles. The van der Waals surface area contributed by atoms with E-state index in [0.717, 1.165) is 21.3 Å². The van der Waals surface area contributed by atoms with Crippen LogP contribution in [0.2, 0.25) is 10.0 Å². The third kappa shape index (κ3) is 3.17. The van der Waals surface area contributed by atoms with Gasteiger partial charge in [-0.15, -0.1) is 0 Å². The predicted octanol–water partition coefficient (Wildman–Crippen LogP) is 5.63. The molecule has 0 saturated carbocycles. The zero-order chi connectivity index (χ0) is 14.9. The van der Waals surface area contributed by atoms with E-state index in [1.165, 1.54) is 0 Å². The molecular formula is C15H12BrCl2NO. The molecule has 2 nitrogen and oxygen atoms in total. The summed E-state index contributed by atoms with van der Waals surface area (Å²) < 4.78 is 0.973. The second kappa shape index (κ2) is 6.17. The van der Waals surface area contributed by atoms with E-state index in [0.29, 0.717) is 10.0 Å². The average molecular weight is 373 g/mol. The number of carbonyl (C=O) groups excluding carboxylic acids is 1. The van der Waals surface area contributed by atoms with Crippen LogP contribution in [0.1, 0.15) is 21.5 Å². The highest BCUT2D eigenvalue weighted by atomic mass is 79.9. The van der Waals surface area contributed by atoms with Gasteiger partial charge in [0.25, 0.3) is 5.91 Å². The van der Waals surface area contributed by atoms with E-state index in [9.17, 15) is 4.79 Å². The first kappa shape index (κ1) is 15.4. The minimum atomic E-state index is -0.311. The summed E-state index contributed by atoms with van der Waals surface area (Å²) in [6, 6.07) is 8.87. The number of aryl methyl sites for hydroxylation is 2. The lowest BCUT2D eigenvalue weighted by molar-refractivity contribution is 0.102. The van der Waals surface area contributed by atoms with Crippen LogP contribution in [-0.4, -0.2) is 5.91 Å². The molecule has 2 aromatic carbocycles. The zero-order valence-electron chi connectivity index (χ0n) is 10.9. The molecule has 0 aliphatic rings. The van der Waals surface area contributed by atoms with Gasteiger partial charge in [0.2, 0.25) is 0 Å². The van der Waals surface area contributed by atoms with Gasteiger partial charge in [-0.25, -0.2) is 0 Å². The quantitative estimate of drug-likeness (QED) is 0.727. The molecule has 1 N–H and O–H groups in total. The molecule has 0 bridgehead atoms. The molecule has 20 heavy (non-hydrogen) atoms. The van der Waals surface area contributed by atoms with Crippen LogP contribution in [0, 0.1) is 13.8 Å². The monoisotopic (exact) mass is 371 g/mol. The summed E-state index contributed by atoms with van der Waals surface area (Å²) in [7, 11) is 0. The van der Waals surface area contributed by atoms with Crippen molar-refractivity contribution in [3.05, 3.63) is 61.5 Å². The van der Waals surface area contributed by atoms with Crippen LogP contribution in [0.15, 0.2) is 34.8 Å². The van der Waals surface area contributed by atoms with Crippen molar-refractivity contribution < 1.29 is 4.79 Å². The molecule has 0 heterocycles. The number of hydrogen-bond donors (Lipinski definition) is 1. The van der Waals surface area contributed by atoms with Crippen LogP contribution < -0.4 is 5.32 Å². The minimum Gasteiger partial charge on any atom is -0.321 e. The van der Waals surface area contributed by atoms with Crippen molar-refractivity contribution in [3.63, 3.8) is 0 Å². The summed E-state index contributed by atoms with van der Waals surface area (Å²) in [5.74, 6) is -0.311. The number of nitrogens with one attached hydrogen (secondary N) is 1. The van der Waals surface area contributed by atoms with Crippen LogP contribution in [0.5, 0.6) is 0 Å². The molecule has 0 aliphatic carbocycles. The summed E-state index contributed by atoms with van der Waals surface area (Å²) >= 11 is 15.5. The Morgan fingerprint density at radius 1 is 1.10 bits per heavy atom. The van der Waals surface area contributed by atoms with Gasteiger partial charge >= 0.3 is 0 Å². The van der Waals surface area contributed by atoms with Crippen LogP contribution in [0.25, 0.3) is 0 Å². The second-order valence-electron chi connectivity index (χ2n) is 4.47. The fraction of sp³-hybridized carbons (Fsp3) is 0.133. The summed E-state index contributed by atoms with van der Waals surface area (Å²) in [5, 5.41) is 3.55. The maximum Gasteiger partial charge on any atom is 0.258 e. The van der Waals surface area contributed by atoms with Gasteiger partial charge in [0.15, 0.2) is 0 Å². The van der Waals surface area contributed by atoms with Gasteiger partial charge in [-0.1, -0.05) is 45.2 Å². The summed E-state index contributed by atoms with van der Waals surface area (Å²) in [6.45, 7) is 3.86. The number of rotatable bonds is 2. The Kier molecular flexibility index (Phi) is 4.74. The molecule has 0 unspecified atom stereocenters. The van der Waals surface area contributed by atoms with Crippen LogP contribution >= 0.6 is 39.1 Å². The zero-order valence-corrected chi connectivity index (χ0v) is 14.0. The predicted molar refractivity (Wildman–Crippen MR) is 88.0 cm³/mol. The van der Waals surface area contributed by atoms with Crippen molar-refractivity contribution in [2.75, 3.05) is 5.32 Å². The Labute approximate surface area is 136 Å². The van der Waals surface area contributed by atoms with E-state index in [4.69, 9.17) is 23.2 Å². The van der Waals surface area contributed by atoms with Crippen LogP contribution in [0.4, 0.5) is 5.69 Å². The van der Waals surface area contributed by atoms with E-state index < -0.39 is 0 Å². The molecular weight excluding hydrogens is 361 g/mol. The highest BCUT2D eigenvalue weighted by Gasteiger charge is 2.16. The molecule has 5 heteroatoms. The fourth-order valence-corrected chi connectivity index (χ4v) is 3.25. The number of benzene rings is 2. The lowest BCUT2D eigenvalue weighted by Gasteiger charge is -2.13. The lowest BCUT2D eigenvalue weighted by atomic mass is 10.1. The first-order chi connectivity index (χ1) is 9.40. The lowest BCUT2D eigenvalue weighted by Crippen LogP contribution is -2.15. The Bertz CT molecular complexity index is 642. The van der Waals surface area contributed by atoms with Gasteiger partial charge in [0.05, 0.1) is 15.6 Å². The summed E-state index contributed by atoms with van der Waals surface area (Å²) in [6.07, 6.45) is 0. The first-order valence-electron chi connectivity index (χ1n) is 5.92. The van der Waals surface area contributed by atoms with E-state index in [2.05, 4.69) is 21.2 Å². The van der Waals surface area contributed by atoms with Gasteiger partial charge in [0.1, 0.15) is 0 Å². The van der Waals surface area contributed by atoms with Gasteiger partial charge in [-0.2, -0.15) is 0 Å². The van der Waals surface area contributed by atoms with Crippen molar-refractivity contribution in [1.29, 1.82) is 0 Å². The largest absolute Gasteiger partial charge is 0.321 e. The molecule has 1 amide bonds. The molecule has 0 fully saturated rings. The van der Waals surface area contributed by atoms with Gasteiger partial charge in [-0.3, -0.25) is 4.79 Å². The maximum absolute atomic E-state index is 12.4. The summed E-state index contributed by atoms with van der Waals surface area (Å²) in [5.41, 5.74) is 2.99. The normalized spacial score (nSPS) is 10.4. The molecule has 0 radical (unpaired) electrons. The molecule has 2 rings (SSSR count). The number of anilines is 1. The van der Waals surface area contributed by atoms with Crippen molar-refractivity contribution in [3.8, 4) is 0 Å². The molecule has 0 atom stereocenters. The van der Waals surface area contributed by atoms with E-state index >= 15 is 0 Å². The number of halogens is 3. The van der Waals surface area contributed by atoms with Crippen molar-refractivity contribution in [2.24, 2.45) is 0 Å². The Balaban J connectivity index is 2.38. The Morgan fingerprint density at radius 3 is 2.10 bits per heavy atom. The number of hydrogen-bond acceptors (Lipinski definition) is 1. The summed E-state index contributed by atoms with van der Waals surface area (Å²) in [4.78, 5) is 12.4. The molecule has 0 aromatic heterocycles. The standard InChI is InChI=1S/C15H12BrCl2NO/c1-8-6-10(16)7-9(2)14(8)19-15(20)13-11(17)4-3-5-12(13)18/h3-7H,1-2H3,(H,19,20). The second-order valence-corrected chi connectivity index (χ2v) is 6.20. The highest BCUT2D eigenvalue weighted by Crippen LogP contribution is 2.28. The fourth-order valence-electron chi connectivity index (χ4n) is 2.00. The topological polar surface area (TPSA) is 29.1 Å². The Morgan fingerprint density at radius 2 is 1.60 bits per heavy atom. The third-order valence-corrected chi connectivity index (χ3v) is 4.01. The van der Waals surface area contributed by atoms with E-state index in [1.54, 1.807) is 18.2 Å². The van der Waals surface area contributed by atoms with Gasteiger partial charge < -0.3 is 5.32 Å². The van der Waals surface area contributed by atoms with Gasteiger partial charge in [-0.05, 0) is 49.2 Å². The molecule has 0 saturated heterocycles. The van der Waals surface area contributed by atoms with Crippen LogP contribution in [0.3, 0.4) is 0 Å². The molecule has 2 aromatic rings. The number of amides is 1. The molecule has 0 spiro atoms. The van der Waals surface area contributed by atoms with Crippen molar-refractivity contribution in [2.45, 2.75) is 13.8 Å². The van der Waals surface area contributed by atoms with Crippen LogP contribution in [-0.2, 0) is 0 Å². The third-order valence-electron chi connectivity index (χ3n) is 2.93. The molecule has 104 valence electrons. The first-order valence-corrected chi connectivity index (χ1v) is 7.47. The van der Waals surface area contributed by atoms with E-state index in [-0.39, 0.29) is 11.5 Å². The Hall–Kier alpha value is -1.03. The van der Waals surface area contributed by atoms with E-state index in [1.807, 2.05) is 26.0 Å². The minimum absolute atomic E-state index is 0.289. The number of carbonyl (C=O) groups is 1. The highest BCUT2D eigenvalue weighted by molar-refractivity contribution is 9.10. The van der Waals surface area contributed by atoms with Gasteiger partial charge in [0, 0.05) is 10.2 Å². The SMILES string of the molecule is Cc1cc(Br)cc(C)c1NC(=O)c1c(Cl)cccc1Cl.